The van der Waals surface area contributed by atoms with Gasteiger partial charge in [0.15, 0.2) is 0 Å². The second-order valence-corrected chi connectivity index (χ2v) is 5.19. The third kappa shape index (κ3) is 3.50. The Balaban J connectivity index is 2.18. The molecule has 1 aromatic carbocycles. The first kappa shape index (κ1) is 14.8. The van der Waals surface area contributed by atoms with Gasteiger partial charge in [-0.15, -0.1) is 0 Å². The first-order chi connectivity index (χ1) is 9.38. The van der Waals surface area contributed by atoms with Gasteiger partial charge in [-0.05, 0) is 58.7 Å². The van der Waals surface area contributed by atoms with Crippen molar-refractivity contribution < 1.29 is 13.2 Å². The second-order valence-electron chi connectivity index (χ2n) is 4.34. The van der Waals surface area contributed by atoms with Gasteiger partial charge in [0.1, 0.15) is 0 Å². The molecule has 0 aliphatic rings. The van der Waals surface area contributed by atoms with E-state index in [0.717, 1.165) is 17.7 Å². The van der Waals surface area contributed by atoms with Gasteiger partial charge in [0.05, 0.1) is 5.56 Å². The van der Waals surface area contributed by atoms with Crippen LogP contribution in [0.3, 0.4) is 0 Å². The zero-order valence-corrected chi connectivity index (χ0v) is 12.2. The standard InChI is InChI=1S/C14H12BrF3N2/c1-9(10-4-6-19-7-5-10)20-13-3-2-11(8-12(13)15)14(16,17)18/h2-9,20H,1H3. The van der Waals surface area contributed by atoms with Crippen molar-refractivity contribution in [2.75, 3.05) is 5.32 Å². The Labute approximate surface area is 123 Å². The summed E-state index contributed by atoms with van der Waals surface area (Å²) in [6, 6.07) is 7.23. The van der Waals surface area contributed by atoms with Crippen LogP contribution in [0.4, 0.5) is 18.9 Å². The number of rotatable bonds is 3. The van der Waals surface area contributed by atoms with Gasteiger partial charge in [0.2, 0.25) is 0 Å². The smallest absolute Gasteiger partial charge is 0.378 e. The number of aromatic nitrogens is 1. The number of hydrogen-bond donors (Lipinski definition) is 1. The Morgan fingerprint density at radius 2 is 1.80 bits per heavy atom. The molecule has 6 heteroatoms. The maximum Gasteiger partial charge on any atom is 0.416 e. The highest BCUT2D eigenvalue weighted by Crippen LogP contribution is 2.34. The van der Waals surface area contributed by atoms with Crippen LogP contribution in [0.15, 0.2) is 47.2 Å². The summed E-state index contributed by atoms with van der Waals surface area (Å²) in [5.41, 5.74) is 0.945. The predicted octanol–water partition coefficient (Wildman–Crippen LogP) is 5.04. The van der Waals surface area contributed by atoms with Gasteiger partial charge in [-0.1, -0.05) is 0 Å². The zero-order chi connectivity index (χ0) is 14.8. The molecule has 1 unspecified atom stereocenters. The van der Waals surface area contributed by atoms with Crippen molar-refractivity contribution in [1.29, 1.82) is 0 Å². The Kier molecular flexibility index (Phi) is 4.32. The van der Waals surface area contributed by atoms with E-state index in [4.69, 9.17) is 0 Å². The van der Waals surface area contributed by atoms with E-state index in [1.54, 1.807) is 12.4 Å². The molecule has 0 amide bonds. The summed E-state index contributed by atoms with van der Waals surface area (Å²) in [6.45, 7) is 1.93. The van der Waals surface area contributed by atoms with Crippen LogP contribution in [0.1, 0.15) is 24.1 Å². The van der Waals surface area contributed by atoms with E-state index in [9.17, 15) is 13.2 Å². The molecule has 2 nitrogen and oxygen atoms in total. The molecule has 0 aliphatic heterocycles. The minimum Gasteiger partial charge on any atom is -0.378 e. The quantitative estimate of drug-likeness (QED) is 0.843. The molecule has 0 aliphatic carbocycles. The molecule has 1 heterocycles. The number of pyridine rings is 1. The van der Waals surface area contributed by atoms with Crippen molar-refractivity contribution in [2.45, 2.75) is 19.1 Å². The van der Waals surface area contributed by atoms with E-state index >= 15 is 0 Å². The highest BCUT2D eigenvalue weighted by molar-refractivity contribution is 9.10. The maximum absolute atomic E-state index is 12.6. The molecule has 0 bridgehead atoms. The van der Waals surface area contributed by atoms with E-state index in [1.165, 1.54) is 6.07 Å². The minimum absolute atomic E-state index is 0.0361. The Hall–Kier alpha value is -1.56. The number of halogens is 4. The maximum atomic E-state index is 12.6. The average Bonchev–Trinajstić information content (AvgIpc) is 2.41. The number of hydrogen-bond acceptors (Lipinski definition) is 2. The van der Waals surface area contributed by atoms with E-state index in [0.29, 0.717) is 10.2 Å². The van der Waals surface area contributed by atoms with Crippen LogP contribution in [0.5, 0.6) is 0 Å². The van der Waals surface area contributed by atoms with Gasteiger partial charge in [-0.2, -0.15) is 13.2 Å². The Morgan fingerprint density at radius 1 is 1.15 bits per heavy atom. The highest BCUT2D eigenvalue weighted by Gasteiger charge is 2.30. The van der Waals surface area contributed by atoms with E-state index < -0.39 is 11.7 Å². The third-order valence-electron chi connectivity index (χ3n) is 2.87. The summed E-state index contributed by atoms with van der Waals surface area (Å²) < 4.78 is 38.1. The SMILES string of the molecule is CC(Nc1ccc(C(F)(F)F)cc1Br)c1ccncc1. The molecule has 0 spiro atoms. The van der Waals surface area contributed by atoms with Crippen LogP contribution in [0.2, 0.25) is 0 Å². The van der Waals surface area contributed by atoms with Gasteiger partial charge in [0.25, 0.3) is 0 Å². The zero-order valence-electron chi connectivity index (χ0n) is 10.6. The molecule has 1 atom stereocenters. The predicted molar refractivity (Wildman–Crippen MR) is 75.4 cm³/mol. The molecule has 0 saturated carbocycles. The lowest BCUT2D eigenvalue weighted by atomic mass is 10.1. The number of benzene rings is 1. The monoisotopic (exact) mass is 344 g/mol. The van der Waals surface area contributed by atoms with Crippen molar-refractivity contribution in [3.8, 4) is 0 Å². The molecule has 2 rings (SSSR count). The number of alkyl halides is 3. The van der Waals surface area contributed by atoms with Crippen molar-refractivity contribution in [3.05, 3.63) is 58.3 Å². The molecule has 1 aromatic heterocycles. The molecule has 106 valence electrons. The van der Waals surface area contributed by atoms with Gasteiger partial charge in [-0.3, -0.25) is 4.98 Å². The number of nitrogens with zero attached hydrogens (tertiary/aromatic N) is 1. The molecular weight excluding hydrogens is 333 g/mol. The molecule has 0 saturated heterocycles. The van der Waals surface area contributed by atoms with Gasteiger partial charge in [0, 0.05) is 28.6 Å². The highest BCUT2D eigenvalue weighted by atomic mass is 79.9. The van der Waals surface area contributed by atoms with Gasteiger partial charge >= 0.3 is 6.18 Å². The Bertz CT molecular complexity index is 585. The van der Waals surface area contributed by atoms with Gasteiger partial charge in [-0.25, -0.2) is 0 Å². The molecular formula is C14H12BrF3N2. The summed E-state index contributed by atoms with van der Waals surface area (Å²) in [5.74, 6) is 0. The number of anilines is 1. The van der Waals surface area contributed by atoms with Crippen molar-refractivity contribution in [1.82, 2.24) is 4.98 Å². The van der Waals surface area contributed by atoms with Crippen molar-refractivity contribution in [3.63, 3.8) is 0 Å². The van der Waals surface area contributed by atoms with E-state index in [-0.39, 0.29) is 6.04 Å². The molecule has 1 N–H and O–H groups in total. The number of nitrogens with one attached hydrogen (secondary N) is 1. The van der Waals surface area contributed by atoms with Crippen LogP contribution >= 0.6 is 15.9 Å². The minimum atomic E-state index is -4.34. The first-order valence-corrected chi connectivity index (χ1v) is 6.70. The summed E-state index contributed by atoms with van der Waals surface area (Å²) >= 11 is 3.17. The summed E-state index contributed by atoms with van der Waals surface area (Å²) in [7, 11) is 0. The fourth-order valence-corrected chi connectivity index (χ4v) is 2.27. The van der Waals surface area contributed by atoms with E-state index in [2.05, 4.69) is 26.2 Å². The fraction of sp³-hybridized carbons (Fsp3) is 0.214. The van der Waals surface area contributed by atoms with Crippen LogP contribution in [-0.2, 0) is 6.18 Å². The summed E-state index contributed by atoms with van der Waals surface area (Å²) in [4.78, 5) is 3.93. The topological polar surface area (TPSA) is 24.9 Å². The largest absolute Gasteiger partial charge is 0.416 e. The molecule has 0 fully saturated rings. The fourth-order valence-electron chi connectivity index (χ4n) is 1.78. The summed E-state index contributed by atoms with van der Waals surface area (Å²) in [5, 5.41) is 3.16. The third-order valence-corrected chi connectivity index (χ3v) is 3.53. The molecule has 20 heavy (non-hydrogen) atoms. The van der Waals surface area contributed by atoms with Crippen molar-refractivity contribution >= 4 is 21.6 Å². The Morgan fingerprint density at radius 3 is 2.35 bits per heavy atom. The van der Waals surface area contributed by atoms with Crippen LogP contribution in [0, 0.1) is 0 Å². The van der Waals surface area contributed by atoms with Crippen LogP contribution in [0.25, 0.3) is 0 Å². The molecule has 2 aromatic rings. The molecule has 0 radical (unpaired) electrons. The second kappa shape index (κ2) is 5.83. The normalized spacial score (nSPS) is 13.1. The lowest BCUT2D eigenvalue weighted by Gasteiger charge is -2.17. The lowest BCUT2D eigenvalue weighted by molar-refractivity contribution is -0.137. The van der Waals surface area contributed by atoms with Gasteiger partial charge < -0.3 is 5.32 Å². The summed E-state index contributed by atoms with van der Waals surface area (Å²) in [6.07, 6.45) is -0.984. The average molecular weight is 345 g/mol. The van der Waals surface area contributed by atoms with Crippen LogP contribution in [-0.4, -0.2) is 4.98 Å². The van der Waals surface area contributed by atoms with E-state index in [1.807, 2.05) is 19.1 Å². The first-order valence-electron chi connectivity index (χ1n) is 5.91. The van der Waals surface area contributed by atoms with Crippen molar-refractivity contribution in [2.24, 2.45) is 0 Å². The van der Waals surface area contributed by atoms with Crippen LogP contribution < -0.4 is 5.32 Å². The lowest BCUT2D eigenvalue weighted by Crippen LogP contribution is -2.09.